The van der Waals surface area contributed by atoms with Gasteiger partial charge in [0.15, 0.2) is 0 Å². The lowest BCUT2D eigenvalue weighted by Crippen LogP contribution is -2.16. The maximum absolute atomic E-state index is 4.40. The summed E-state index contributed by atoms with van der Waals surface area (Å²) in [5.74, 6) is 1.60. The quantitative estimate of drug-likeness (QED) is 0.576. The van der Waals surface area contributed by atoms with Crippen molar-refractivity contribution in [2.75, 3.05) is 0 Å². The van der Waals surface area contributed by atoms with Crippen LogP contribution in [0.4, 0.5) is 0 Å². The SMILES string of the molecule is C=C1C(CC2CCC(C(=C)C)CC2)=CCc2ccc(C)cc21. The predicted molar refractivity (Wildman–Crippen MR) is 96.9 cm³/mol. The van der Waals surface area contributed by atoms with Gasteiger partial charge in [0.25, 0.3) is 0 Å². The molecule has 0 N–H and O–H groups in total. The minimum absolute atomic E-state index is 0.767. The molecule has 1 aromatic carbocycles. The van der Waals surface area contributed by atoms with Gasteiger partial charge in [-0.2, -0.15) is 0 Å². The highest BCUT2D eigenvalue weighted by molar-refractivity contribution is 5.81. The molecular weight excluding hydrogens is 264 g/mol. The zero-order chi connectivity index (χ0) is 15.7. The molecule has 0 spiro atoms. The molecule has 0 aromatic heterocycles. The minimum atomic E-state index is 0.767. The fourth-order valence-electron chi connectivity index (χ4n) is 4.06. The average molecular weight is 292 g/mol. The first kappa shape index (κ1) is 15.3. The van der Waals surface area contributed by atoms with Gasteiger partial charge in [-0.15, -0.1) is 0 Å². The highest BCUT2D eigenvalue weighted by atomic mass is 14.3. The van der Waals surface area contributed by atoms with Gasteiger partial charge in [-0.1, -0.05) is 48.6 Å². The van der Waals surface area contributed by atoms with E-state index in [9.17, 15) is 0 Å². The van der Waals surface area contributed by atoms with Crippen molar-refractivity contribution in [2.24, 2.45) is 11.8 Å². The molecule has 2 aliphatic carbocycles. The first-order valence-electron chi connectivity index (χ1n) is 8.68. The van der Waals surface area contributed by atoms with Crippen molar-refractivity contribution >= 4 is 5.57 Å². The molecule has 0 unspecified atom stereocenters. The van der Waals surface area contributed by atoms with Crippen molar-refractivity contribution in [3.63, 3.8) is 0 Å². The summed E-state index contributed by atoms with van der Waals surface area (Å²) < 4.78 is 0. The van der Waals surface area contributed by atoms with Gasteiger partial charge in [0.2, 0.25) is 0 Å². The van der Waals surface area contributed by atoms with Gasteiger partial charge in [-0.25, -0.2) is 0 Å². The van der Waals surface area contributed by atoms with E-state index >= 15 is 0 Å². The van der Waals surface area contributed by atoms with Gasteiger partial charge in [0, 0.05) is 0 Å². The highest BCUT2D eigenvalue weighted by Crippen LogP contribution is 2.40. The molecule has 0 aliphatic heterocycles. The van der Waals surface area contributed by atoms with E-state index in [0.717, 1.165) is 18.3 Å². The molecule has 0 heterocycles. The maximum Gasteiger partial charge on any atom is -0.00852 e. The number of allylic oxidation sites excluding steroid dienone is 4. The number of aryl methyl sites for hydroxylation is 1. The number of hydrogen-bond acceptors (Lipinski definition) is 0. The highest BCUT2D eigenvalue weighted by Gasteiger charge is 2.24. The Morgan fingerprint density at radius 3 is 2.59 bits per heavy atom. The lowest BCUT2D eigenvalue weighted by atomic mass is 9.75. The number of benzene rings is 1. The molecular formula is C22H28. The van der Waals surface area contributed by atoms with Crippen molar-refractivity contribution in [3.8, 4) is 0 Å². The van der Waals surface area contributed by atoms with Crippen LogP contribution < -0.4 is 0 Å². The predicted octanol–water partition coefficient (Wildman–Crippen LogP) is 6.26. The molecule has 0 saturated heterocycles. The zero-order valence-electron chi connectivity index (χ0n) is 14.1. The standard InChI is InChI=1S/C22H28/c1-15(2)19-9-6-18(7-10-19)14-21-12-11-20-8-5-16(3)13-22(20)17(21)4/h5,8,12-13,18-19H,1,4,6-7,9-11,14H2,2-3H3. The topological polar surface area (TPSA) is 0 Å². The molecule has 0 atom stereocenters. The summed E-state index contributed by atoms with van der Waals surface area (Å²) in [6.07, 6.45) is 10.1. The molecule has 2 aliphatic rings. The Morgan fingerprint density at radius 1 is 1.18 bits per heavy atom. The van der Waals surface area contributed by atoms with Crippen molar-refractivity contribution < 1.29 is 0 Å². The molecule has 3 rings (SSSR count). The normalized spacial score (nSPS) is 24.6. The molecule has 116 valence electrons. The second kappa shape index (κ2) is 6.28. The maximum atomic E-state index is 4.40. The summed E-state index contributed by atoms with van der Waals surface area (Å²) in [6, 6.07) is 6.79. The Balaban J connectivity index is 1.66. The van der Waals surface area contributed by atoms with Crippen LogP contribution in [-0.4, -0.2) is 0 Å². The van der Waals surface area contributed by atoms with E-state index in [2.05, 4.69) is 51.3 Å². The fraction of sp³-hybridized carbons (Fsp3) is 0.455. The zero-order valence-corrected chi connectivity index (χ0v) is 14.1. The molecule has 1 saturated carbocycles. The molecule has 0 amide bonds. The summed E-state index contributed by atoms with van der Waals surface area (Å²) in [5.41, 5.74) is 8.30. The van der Waals surface area contributed by atoms with Crippen molar-refractivity contribution in [1.29, 1.82) is 0 Å². The fourth-order valence-corrected chi connectivity index (χ4v) is 4.06. The van der Waals surface area contributed by atoms with Crippen LogP contribution in [0.15, 0.2) is 48.6 Å². The lowest BCUT2D eigenvalue weighted by molar-refractivity contribution is 0.301. The summed E-state index contributed by atoms with van der Waals surface area (Å²) in [4.78, 5) is 0. The Labute approximate surface area is 135 Å². The van der Waals surface area contributed by atoms with Gasteiger partial charge < -0.3 is 0 Å². The van der Waals surface area contributed by atoms with Crippen molar-refractivity contribution in [1.82, 2.24) is 0 Å². The van der Waals surface area contributed by atoms with E-state index in [1.54, 1.807) is 0 Å². The molecule has 1 fully saturated rings. The van der Waals surface area contributed by atoms with E-state index < -0.39 is 0 Å². The summed E-state index contributed by atoms with van der Waals surface area (Å²) in [6.45, 7) is 12.9. The largest absolute Gasteiger partial charge is 0.0999 e. The van der Waals surface area contributed by atoms with Crippen LogP contribution in [0.1, 0.15) is 55.7 Å². The summed E-state index contributed by atoms with van der Waals surface area (Å²) in [7, 11) is 0. The average Bonchev–Trinajstić information content (AvgIpc) is 2.51. The molecule has 0 heteroatoms. The first-order valence-corrected chi connectivity index (χ1v) is 8.68. The smallest absolute Gasteiger partial charge is 0.00852 e. The van der Waals surface area contributed by atoms with Gasteiger partial charge in [0.05, 0.1) is 0 Å². The Morgan fingerprint density at radius 2 is 1.91 bits per heavy atom. The third-order valence-electron chi connectivity index (χ3n) is 5.60. The van der Waals surface area contributed by atoms with Crippen LogP contribution in [0, 0.1) is 18.8 Å². The summed E-state index contributed by atoms with van der Waals surface area (Å²) >= 11 is 0. The Bertz CT molecular complexity index is 621. The summed E-state index contributed by atoms with van der Waals surface area (Å²) in [5, 5.41) is 0. The molecule has 22 heavy (non-hydrogen) atoms. The van der Waals surface area contributed by atoms with Crippen LogP contribution >= 0.6 is 0 Å². The monoisotopic (exact) mass is 292 g/mol. The van der Waals surface area contributed by atoms with E-state index in [0.29, 0.717) is 0 Å². The van der Waals surface area contributed by atoms with Gasteiger partial charge in [-0.3, -0.25) is 0 Å². The van der Waals surface area contributed by atoms with Crippen LogP contribution in [0.25, 0.3) is 5.57 Å². The Hall–Kier alpha value is -1.56. The van der Waals surface area contributed by atoms with Gasteiger partial charge in [0.1, 0.15) is 0 Å². The third-order valence-corrected chi connectivity index (χ3v) is 5.60. The van der Waals surface area contributed by atoms with Crippen LogP contribution in [-0.2, 0) is 6.42 Å². The molecule has 0 nitrogen and oxygen atoms in total. The number of hydrogen-bond donors (Lipinski definition) is 0. The van der Waals surface area contributed by atoms with E-state index in [4.69, 9.17) is 0 Å². The number of rotatable bonds is 3. The molecule has 0 radical (unpaired) electrons. The van der Waals surface area contributed by atoms with Crippen molar-refractivity contribution in [2.45, 2.75) is 52.4 Å². The van der Waals surface area contributed by atoms with Crippen molar-refractivity contribution in [3.05, 3.63) is 65.3 Å². The second-order valence-electron chi connectivity index (χ2n) is 7.34. The van der Waals surface area contributed by atoms with Gasteiger partial charge >= 0.3 is 0 Å². The number of fused-ring (bicyclic) bond motifs is 1. The third kappa shape index (κ3) is 3.11. The molecule has 1 aromatic rings. The lowest BCUT2D eigenvalue weighted by Gasteiger charge is -2.31. The Kier molecular flexibility index (Phi) is 4.38. The van der Waals surface area contributed by atoms with E-state index in [1.165, 1.54) is 65.5 Å². The second-order valence-corrected chi connectivity index (χ2v) is 7.34. The van der Waals surface area contributed by atoms with E-state index in [-0.39, 0.29) is 0 Å². The minimum Gasteiger partial charge on any atom is -0.0999 e. The van der Waals surface area contributed by atoms with Crippen LogP contribution in [0.5, 0.6) is 0 Å². The van der Waals surface area contributed by atoms with E-state index in [1.807, 2.05) is 0 Å². The molecule has 0 bridgehead atoms. The van der Waals surface area contributed by atoms with Crippen LogP contribution in [0.3, 0.4) is 0 Å². The first-order chi connectivity index (χ1) is 10.5. The van der Waals surface area contributed by atoms with Gasteiger partial charge in [-0.05, 0) is 86.5 Å². The van der Waals surface area contributed by atoms with Crippen LogP contribution in [0.2, 0.25) is 0 Å².